The Kier molecular flexibility index (Phi) is 5.39. The van der Waals surface area contributed by atoms with Gasteiger partial charge in [-0.2, -0.15) is 0 Å². The first-order chi connectivity index (χ1) is 7.67. The average Bonchev–Trinajstić information content (AvgIpc) is 2.28. The van der Waals surface area contributed by atoms with Crippen molar-refractivity contribution in [2.24, 2.45) is 0 Å². The van der Waals surface area contributed by atoms with Crippen molar-refractivity contribution >= 4 is 8.80 Å². The molecule has 0 aliphatic heterocycles. The van der Waals surface area contributed by atoms with Crippen molar-refractivity contribution in [2.45, 2.75) is 32.0 Å². The lowest BCUT2D eigenvalue weighted by molar-refractivity contribution is 0.354. The van der Waals surface area contributed by atoms with Gasteiger partial charge in [0, 0.05) is 8.80 Å². The largest absolute Gasteiger partial charge is 0.493 e. The number of ether oxygens (including phenoxy) is 2. The van der Waals surface area contributed by atoms with E-state index in [-0.39, 0.29) is 8.80 Å². The molecule has 0 bridgehead atoms. The summed E-state index contributed by atoms with van der Waals surface area (Å²) in [6, 6.07) is 7.56. The molecular weight excluding hydrogens is 216 g/mol. The van der Waals surface area contributed by atoms with Gasteiger partial charge in [-0.15, -0.1) is 0 Å². The van der Waals surface area contributed by atoms with Crippen LogP contribution in [-0.2, 0) is 6.42 Å². The Labute approximate surface area is 100 Å². The molecule has 0 fully saturated rings. The van der Waals surface area contributed by atoms with Crippen LogP contribution in [0.1, 0.15) is 12.0 Å². The van der Waals surface area contributed by atoms with Crippen LogP contribution in [0.2, 0.25) is 19.1 Å². The second-order valence-corrected chi connectivity index (χ2v) is 7.16. The molecule has 1 rings (SSSR count). The van der Waals surface area contributed by atoms with Crippen LogP contribution in [0.5, 0.6) is 11.5 Å². The molecule has 1 aromatic carbocycles. The van der Waals surface area contributed by atoms with Gasteiger partial charge < -0.3 is 9.47 Å². The fraction of sp³-hybridized carbons (Fsp3) is 0.538. The highest BCUT2D eigenvalue weighted by Crippen LogP contribution is 2.28. The topological polar surface area (TPSA) is 18.5 Å². The van der Waals surface area contributed by atoms with Crippen LogP contribution in [0.4, 0.5) is 0 Å². The van der Waals surface area contributed by atoms with E-state index in [4.69, 9.17) is 9.47 Å². The Morgan fingerprint density at radius 1 is 1.06 bits per heavy atom. The molecule has 2 nitrogen and oxygen atoms in total. The predicted octanol–water partition coefficient (Wildman–Crippen LogP) is 3.39. The minimum absolute atomic E-state index is 0.0882. The Balaban J connectivity index is 2.60. The van der Waals surface area contributed by atoms with Crippen molar-refractivity contribution in [3.8, 4) is 11.5 Å². The van der Waals surface area contributed by atoms with E-state index >= 15 is 0 Å². The molecule has 0 N–H and O–H groups in total. The van der Waals surface area contributed by atoms with Crippen LogP contribution in [0.3, 0.4) is 0 Å². The van der Waals surface area contributed by atoms with E-state index in [1.165, 1.54) is 18.0 Å². The molecule has 0 saturated carbocycles. The molecule has 0 spiro atoms. The highest BCUT2D eigenvalue weighted by Gasteiger charge is 2.04. The van der Waals surface area contributed by atoms with Gasteiger partial charge in [0.2, 0.25) is 0 Å². The molecule has 0 aromatic heterocycles. The maximum atomic E-state index is 5.29. The monoisotopic (exact) mass is 237 g/mol. The summed E-state index contributed by atoms with van der Waals surface area (Å²) in [5.74, 6) is 1.64. The highest BCUT2D eigenvalue weighted by atomic mass is 28.3. The van der Waals surface area contributed by atoms with Crippen LogP contribution in [-0.4, -0.2) is 23.0 Å². The molecule has 1 radical (unpaired) electrons. The Morgan fingerprint density at radius 2 is 1.75 bits per heavy atom. The van der Waals surface area contributed by atoms with Crippen LogP contribution in [0, 0.1) is 0 Å². The molecule has 16 heavy (non-hydrogen) atoms. The molecule has 0 saturated heterocycles. The van der Waals surface area contributed by atoms with Gasteiger partial charge in [-0.25, -0.2) is 0 Å². The molecule has 0 unspecified atom stereocenters. The van der Waals surface area contributed by atoms with E-state index in [1.807, 2.05) is 6.07 Å². The third-order valence-electron chi connectivity index (χ3n) is 2.59. The van der Waals surface area contributed by atoms with E-state index in [2.05, 4.69) is 25.2 Å². The fourth-order valence-electron chi connectivity index (χ4n) is 1.68. The van der Waals surface area contributed by atoms with E-state index < -0.39 is 0 Å². The Morgan fingerprint density at radius 3 is 2.31 bits per heavy atom. The van der Waals surface area contributed by atoms with Crippen molar-refractivity contribution in [2.75, 3.05) is 14.2 Å². The van der Waals surface area contributed by atoms with E-state index in [0.29, 0.717) is 0 Å². The number of aryl methyl sites for hydroxylation is 1. The summed E-state index contributed by atoms with van der Waals surface area (Å²) < 4.78 is 10.5. The van der Waals surface area contributed by atoms with E-state index in [0.717, 1.165) is 17.9 Å². The fourth-order valence-corrected chi connectivity index (χ4v) is 2.57. The third kappa shape index (κ3) is 3.89. The van der Waals surface area contributed by atoms with Crippen molar-refractivity contribution in [1.82, 2.24) is 0 Å². The summed E-state index contributed by atoms with van der Waals surface area (Å²) in [6.07, 6.45) is 2.41. The summed E-state index contributed by atoms with van der Waals surface area (Å²) in [7, 11) is 3.26. The zero-order valence-electron chi connectivity index (χ0n) is 10.7. The summed E-state index contributed by atoms with van der Waals surface area (Å²) in [5.41, 5.74) is 1.33. The minimum atomic E-state index is -0.0882. The van der Waals surface area contributed by atoms with Crippen molar-refractivity contribution in [1.29, 1.82) is 0 Å². The van der Waals surface area contributed by atoms with Gasteiger partial charge in [-0.05, 0) is 24.1 Å². The summed E-state index contributed by atoms with van der Waals surface area (Å²) in [4.78, 5) is 0. The molecule has 3 heteroatoms. The van der Waals surface area contributed by atoms with Gasteiger partial charge in [0.15, 0.2) is 11.5 Å². The summed E-state index contributed by atoms with van der Waals surface area (Å²) >= 11 is 0. The van der Waals surface area contributed by atoms with E-state index in [9.17, 15) is 0 Å². The van der Waals surface area contributed by atoms with Crippen LogP contribution < -0.4 is 9.47 Å². The second kappa shape index (κ2) is 6.58. The molecule has 0 atom stereocenters. The van der Waals surface area contributed by atoms with Gasteiger partial charge in [-0.3, -0.25) is 0 Å². The van der Waals surface area contributed by atoms with Crippen molar-refractivity contribution in [3.05, 3.63) is 23.8 Å². The molecule has 1 aromatic rings. The molecule has 0 aliphatic rings. The number of hydrogen-bond donors (Lipinski definition) is 0. The number of methoxy groups -OCH3 is 2. The number of benzene rings is 1. The number of hydrogen-bond acceptors (Lipinski definition) is 2. The van der Waals surface area contributed by atoms with Gasteiger partial charge in [0.25, 0.3) is 0 Å². The van der Waals surface area contributed by atoms with Crippen LogP contribution in [0.15, 0.2) is 18.2 Å². The van der Waals surface area contributed by atoms with Gasteiger partial charge in [-0.1, -0.05) is 31.6 Å². The lowest BCUT2D eigenvalue weighted by atomic mass is 10.1. The summed E-state index contributed by atoms with van der Waals surface area (Å²) in [5, 5.41) is 0. The first-order valence-corrected chi connectivity index (χ1v) is 8.38. The maximum Gasteiger partial charge on any atom is 0.160 e. The zero-order chi connectivity index (χ0) is 12.0. The van der Waals surface area contributed by atoms with Gasteiger partial charge in [0.1, 0.15) is 0 Å². The molecule has 89 valence electrons. The van der Waals surface area contributed by atoms with Gasteiger partial charge >= 0.3 is 0 Å². The second-order valence-electron chi connectivity index (χ2n) is 4.25. The van der Waals surface area contributed by atoms with Crippen molar-refractivity contribution in [3.63, 3.8) is 0 Å². The highest BCUT2D eigenvalue weighted by molar-refractivity contribution is 6.55. The molecule has 0 amide bonds. The Hall–Kier alpha value is -0.963. The number of rotatable bonds is 6. The van der Waals surface area contributed by atoms with Crippen molar-refractivity contribution < 1.29 is 9.47 Å². The maximum absolute atomic E-state index is 5.29. The first-order valence-electron chi connectivity index (χ1n) is 5.67. The summed E-state index contributed by atoms with van der Waals surface area (Å²) in [6.45, 7) is 4.72. The zero-order valence-corrected chi connectivity index (χ0v) is 11.7. The Bertz CT molecular complexity index is 324. The first kappa shape index (κ1) is 13.1. The van der Waals surface area contributed by atoms with E-state index in [1.54, 1.807) is 14.2 Å². The lowest BCUT2D eigenvalue weighted by Crippen LogP contribution is -1.99. The normalized spacial score (nSPS) is 10.6. The third-order valence-corrected chi connectivity index (χ3v) is 3.94. The minimum Gasteiger partial charge on any atom is -0.493 e. The standard InChI is InChI=1S/C13H21O2Si/c1-14-12-8-7-11(10-13(12)15-2)6-5-9-16(3)4/h7-8,10H,5-6,9H2,1-4H3. The molecule has 0 heterocycles. The average molecular weight is 237 g/mol. The predicted molar refractivity (Wildman–Crippen MR) is 70.2 cm³/mol. The van der Waals surface area contributed by atoms with Crippen LogP contribution in [0.25, 0.3) is 0 Å². The smallest absolute Gasteiger partial charge is 0.160 e. The van der Waals surface area contributed by atoms with Crippen LogP contribution >= 0.6 is 0 Å². The van der Waals surface area contributed by atoms with Gasteiger partial charge in [0.05, 0.1) is 14.2 Å². The SMILES string of the molecule is COc1ccc(CCC[Si](C)C)cc1OC. The molecule has 0 aliphatic carbocycles. The molecular formula is C13H21O2Si. The lowest BCUT2D eigenvalue weighted by Gasteiger charge is -2.09. The quantitative estimate of drug-likeness (QED) is 0.706.